The highest BCUT2D eigenvalue weighted by Crippen LogP contribution is 2.32. The first-order valence-electron chi connectivity index (χ1n) is 16.5. The normalized spacial score (nSPS) is 11.0. The standard InChI is InChI=1S/C39H38F3N3O8/c1-7-52-37(49)26-19-22(2)34(30(21-26)38(50)51-6)53-32(46)10-8-9-24-12-18-31(29(20-24)36(48)45(4)5)44-35(47)28-17-11-23(3)43-33(28)25-13-15-27(16-14-25)39(40,41)42/h11-21H,7-10H2,1-6H3,(H,44,47). The average molecular weight is 734 g/mol. The number of halogens is 3. The Bertz CT molecular complexity index is 2040. The highest BCUT2D eigenvalue weighted by molar-refractivity contribution is 6.11. The predicted molar refractivity (Wildman–Crippen MR) is 189 cm³/mol. The Kier molecular flexibility index (Phi) is 12.7. The molecule has 0 atom stereocenters. The van der Waals surface area contributed by atoms with Crippen LogP contribution < -0.4 is 10.1 Å². The van der Waals surface area contributed by atoms with Crippen molar-refractivity contribution in [3.05, 3.63) is 111 Å². The van der Waals surface area contributed by atoms with E-state index in [9.17, 15) is 37.1 Å². The van der Waals surface area contributed by atoms with Crippen molar-refractivity contribution in [2.24, 2.45) is 0 Å². The number of aromatic nitrogens is 1. The Morgan fingerprint density at radius 3 is 2.17 bits per heavy atom. The maximum absolute atomic E-state index is 13.6. The van der Waals surface area contributed by atoms with Crippen LogP contribution in [0.5, 0.6) is 5.75 Å². The topological polar surface area (TPSA) is 141 Å². The average Bonchev–Trinajstić information content (AvgIpc) is 3.11. The first kappa shape index (κ1) is 39.7. The van der Waals surface area contributed by atoms with Gasteiger partial charge in [0.1, 0.15) is 11.3 Å². The van der Waals surface area contributed by atoms with Crippen molar-refractivity contribution < 1.29 is 51.4 Å². The van der Waals surface area contributed by atoms with E-state index in [0.29, 0.717) is 35.2 Å². The molecule has 0 radical (unpaired) electrons. The van der Waals surface area contributed by atoms with Crippen molar-refractivity contribution in [2.45, 2.75) is 46.2 Å². The number of benzene rings is 3. The maximum Gasteiger partial charge on any atom is 0.416 e. The first-order chi connectivity index (χ1) is 25.0. The minimum Gasteiger partial charge on any atom is -0.465 e. The fourth-order valence-electron chi connectivity index (χ4n) is 5.35. The van der Waals surface area contributed by atoms with Gasteiger partial charge in [0.15, 0.2) is 0 Å². The van der Waals surface area contributed by atoms with Gasteiger partial charge in [0.2, 0.25) is 0 Å². The van der Waals surface area contributed by atoms with Crippen molar-refractivity contribution in [3.63, 3.8) is 0 Å². The monoisotopic (exact) mass is 733 g/mol. The van der Waals surface area contributed by atoms with Gasteiger partial charge in [-0.1, -0.05) is 18.2 Å². The number of carbonyl (C=O) groups is 5. The molecule has 1 N–H and O–H groups in total. The molecule has 14 heteroatoms. The summed E-state index contributed by atoms with van der Waals surface area (Å²) in [7, 11) is 4.26. The third-order valence-corrected chi connectivity index (χ3v) is 7.99. The number of ether oxygens (including phenoxy) is 3. The lowest BCUT2D eigenvalue weighted by atomic mass is 10.0. The zero-order valence-electron chi connectivity index (χ0n) is 30.0. The molecule has 0 fully saturated rings. The van der Waals surface area contributed by atoms with Gasteiger partial charge < -0.3 is 24.4 Å². The van der Waals surface area contributed by atoms with Crippen molar-refractivity contribution in [1.82, 2.24) is 9.88 Å². The molecule has 278 valence electrons. The predicted octanol–water partition coefficient (Wildman–Crippen LogP) is 7.23. The van der Waals surface area contributed by atoms with Crippen LogP contribution in [-0.2, 0) is 26.9 Å². The number of pyridine rings is 1. The van der Waals surface area contributed by atoms with Gasteiger partial charge in [-0.05, 0) is 93.3 Å². The molecule has 0 saturated carbocycles. The molecule has 0 aliphatic carbocycles. The number of anilines is 1. The Labute approximate surface area is 304 Å². The number of hydrogen-bond donors (Lipinski definition) is 1. The van der Waals surface area contributed by atoms with E-state index in [-0.39, 0.29) is 52.4 Å². The Balaban J connectivity index is 1.51. The molecule has 0 saturated heterocycles. The van der Waals surface area contributed by atoms with E-state index in [0.717, 1.165) is 19.2 Å². The van der Waals surface area contributed by atoms with Gasteiger partial charge in [0.25, 0.3) is 11.8 Å². The lowest BCUT2D eigenvalue weighted by Crippen LogP contribution is -2.24. The lowest BCUT2D eigenvalue weighted by molar-refractivity contribution is -0.137. The third kappa shape index (κ3) is 9.84. The second-order valence-electron chi connectivity index (χ2n) is 12.2. The smallest absolute Gasteiger partial charge is 0.416 e. The van der Waals surface area contributed by atoms with Crippen molar-refractivity contribution >= 4 is 35.4 Å². The molecule has 0 aliphatic heterocycles. The van der Waals surface area contributed by atoms with Crippen molar-refractivity contribution in [2.75, 3.05) is 33.1 Å². The van der Waals surface area contributed by atoms with E-state index in [2.05, 4.69) is 10.3 Å². The highest BCUT2D eigenvalue weighted by atomic mass is 19.4. The summed E-state index contributed by atoms with van der Waals surface area (Å²) in [5.41, 5.74) is 1.63. The van der Waals surface area contributed by atoms with Crippen LogP contribution in [-0.4, -0.2) is 67.4 Å². The first-order valence-corrected chi connectivity index (χ1v) is 16.5. The van der Waals surface area contributed by atoms with Crippen LogP contribution in [0.3, 0.4) is 0 Å². The van der Waals surface area contributed by atoms with Gasteiger partial charge in [0.05, 0.1) is 47.4 Å². The summed E-state index contributed by atoms with van der Waals surface area (Å²) < 4.78 is 54.9. The molecule has 0 unspecified atom stereocenters. The van der Waals surface area contributed by atoms with Crippen LogP contribution in [0, 0.1) is 13.8 Å². The molecular weight excluding hydrogens is 695 g/mol. The van der Waals surface area contributed by atoms with E-state index >= 15 is 0 Å². The summed E-state index contributed by atoms with van der Waals surface area (Å²) >= 11 is 0. The zero-order chi connectivity index (χ0) is 39.0. The molecule has 0 spiro atoms. The molecule has 3 aromatic carbocycles. The fraction of sp³-hybridized carbons (Fsp3) is 0.282. The minimum absolute atomic E-state index is 0.0425. The molecule has 2 amide bonds. The van der Waals surface area contributed by atoms with Gasteiger partial charge >= 0.3 is 24.1 Å². The molecule has 1 aromatic heterocycles. The highest BCUT2D eigenvalue weighted by Gasteiger charge is 2.30. The summed E-state index contributed by atoms with van der Waals surface area (Å²) in [6, 6.07) is 15.0. The van der Waals surface area contributed by atoms with Crippen LogP contribution in [0.25, 0.3) is 11.3 Å². The van der Waals surface area contributed by atoms with E-state index in [1.807, 2.05) is 0 Å². The molecule has 1 heterocycles. The van der Waals surface area contributed by atoms with Crippen molar-refractivity contribution in [1.29, 1.82) is 0 Å². The van der Waals surface area contributed by atoms with Crippen LogP contribution in [0.2, 0.25) is 0 Å². The summed E-state index contributed by atoms with van der Waals surface area (Å²) in [6.45, 7) is 5.04. The number of esters is 3. The fourth-order valence-corrected chi connectivity index (χ4v) is 5.35. The largest absolute Gasteiger partial charge is 0.465 e. The number of amides is 2. The van der Waals surface area contributed by atoms with Gasteiger partial charge in [-0.25, -0.2) is 9.59 Å². The molecule has 0 bridgehead atoms. The Morgan fingerprint density at radius 1 is 0.849 bits per heavy atom. The minimum atomic E-state index is -4.53. The summed E-state index contributed by atoms with van der Waals surface area (Å²) in [4.78, 5) is 70.2. The Hall–Kier alpha value is -6.05. The second-order valence-corrected chi connectivity index (χ2v) is 12.2. The van der Waals surface area contributed by atoms with Crippen LogP contribution >= 0.6 is 0 Å². The number of methoxy groups -OCH3 is 1. The molecule has 0 aliphatic rings. The third-order valence-electron chi connectivity index (χ3n) is 7.99. The SMILES string of the molecule is CCOC(=O)c1cc(C)c(OC(=O)CCCc2ccc(NC(=O)c3ccc(C)nc3-c3ccc(C(F)(F)F)cc3)c(C(=O)N(C)C)c2)c(C(=O)OC)c1. The van der Waals surface area contributed by atoms with E-state index in [4.69, 9.17) is 14.2 Å². The van der Waals surface area contributed by atoms with Crippen molar-refractivity contribution in [3.8, 4) is 17.0 Å². The van der Waals surface area contributed by atoms with Crippen LogP contribution in [0.1, 0.15) is 83.6 Å². The summed E-state index contributed by atoms with van der Waals surface area (Å²) in [5, 5.41) is 2.75. The van der Waals surface area contributed by atoms with Gasteiger partial charge in [0, 0.05) is 31.8 Å². The molecule has 53 heavy (non-hydrogen) atoms. The van der Waals surface area contributed by atoms with Crippen LogP contribution in [0.4, 0.5) is 18.9 Å². The number of nitrogens with zero attached hydrogens (tertiary/aromatic N) is 2. The number of carbonyl (C=O) groups excluding carboxylic acids is 5. The summed E-state index contributed by atoms with van der Waals surface area (Å²) in [6.07, 6.45) is -3.97. The maximum atomic E-state index is 13.6. The van der Waals surface area contributed by atoms with Gasteiger partial charge in [-0.2, -0.15) is 13.2 Å². The van der Waals surface area contributed by atoms with E-state index < -0.39 is 41.5 Å². The number of rotatable bonds is 12. The molecule has 11 nitrogen and oxygen atoms in total. The zero-order valence-corrected chi connectivity index (χ0v) is 30.0. The molecular formula is C39H38F3N3O8. The van der Waals surface area contributed by atoms with E-state index in [1.165, 1.54) is 35.2 Å². The Morgan fingerprint density at radius 2 is 1.55 bits per heavy atom. The number of nitrogens with one attached hydrogen (secondary N) is 1. The number of hydrogen-bond acceptors (Lipinski definition) is 9. The second kappa shape index (κ2) is 17.0. The van der Waals surface area contributed by atoms with Crippen LogP contribution in [0.15, 0.2) is 66.7 Å². The quantitative estimate of drug-likeness (QED) is 0.118. The summed E-state index contributed by atoms with van der Waals surface area (Å²) in [5.74, 6) is -3.19. The van der Waals surface area contributed by atoms with Gasteiger partial charge in [-0.3, -0.25) is 19.4 Å². The number of aryl methyl sites for hydroxylation is 3. The van der Waals surface area contributed by atoms with E-state index in [1.54, 1.807) is 59.1 Å². The lowest BCUT2D eigenvalue weighted by Gasteiger charge is -2.17. The number of alkyl halides is 3. The molecule has 4 rings (SSSR count). The van der Waals surface area contributed by atoms with Gasteiger partial charge in [-0.15, -0.1) is 0 Å². The molecule has 4 aromatic rings.